The number of aliphatic hydroxyl groups is 1. The van der Waals surface area contributed by atoms with Gasteiger partial charge in [0.2, 0.25) is 5.91 Å². The van der Waals surface area contributed by atoms with Crippen LogP contribution < -0.4 is 0 Å². The molecule has 1 aliphatic rings. The molecule has 1 N–H and O–H groups in total. The minimum atomic E-state index is -0.267. The number of carbonyl (C=O) groups excluding carboxylic acids is 1. The van der Waals surface area contributed by atoms with Gasteiger partial charge in [-0.2, -0.15) is 0 Å². The van der Waals surface area contributed by atoms with Crippen LogP contribution >= 0.6 is 0 Å². The first-order chi connectivity index (χ1) is 9.55. The molecule has 0 atom stereocenters. The van der Waals surface area contributed by atoms with Crippen LogP contribution in [0.3, 0.4) is 0 Å². The second-order valence-corrected chi connectivity index (χ2v) is 5.41. The number of hydrogen-bond acceptors (Lipinski definition) is 2. The van der Waals surface area contributed by atoms with E-state index in [9.17, 15) is 9.18 Å². The molecule has 0 unspecified atom stereocenters. The van der Waals surface area contributed by atoms with Gasteiger partial charge in [-0.3, -0.25) is 4.79 Å². The van der Waals surface area contributed by atoms with Gasteiger partial charge in [-0.05, 0) is 55.0 Å². The van der Waals surface area contributed by atoms with Crippen molar-refractivity contribution in [3.05, 3.63) is 47.8 Å². The van der Waals surface area contributed by atoms with Gasteiger partial charge < -0.3 is 10.0 Å². The summed E-state index contributed by atoms with van der Waals surface area (Å²) in [5, 5.41) is 9.08. The fraction of sp³-hybridized carbons (Fsp3) is 0.438. The van der Waals surface area contributed by atoms with Crippen molar-refractivity contribution < 1.29 is 14.3 Å². The Bertz CT molecular complexity index is 509. The quantitative estimate of drug-likeness (QED) is 0.840. The molecule has 0 spiro atoms. The number of amides is 1. The predicted octanol–water partition coefficient (Wildman–Crippen LogP) is 2.42. The number of halogens is 1. The Labute approximate surface area is 118 Å². The highest BCUT2D eigenvalue weighted by atomic mass is 19.1. The molecular formula is C16H20FNO2. The molecule has 1 saturated carbocycles. The Morgan fingerprint density at radius 2 is 2.25 bits per heavy atom. The summed E-state index contributed by atoms with van der Waals surface area (Å²) in [6, 6.07) is 4.75. The second-order valence-electron chi connectivity index (χ2n) is 5.41. The van der Waals surface area contributed by atoms with Gasteiger partial charge in [-0.15, -0.1) is 0 Å². The van der Waals surface area contributed by atoms with E-state index >= 15 is 0 Å². The van der Waals surface area contributed by atoms with Crippen molar-refractivity contribution in [2.75, 3.05) is 6.61 Å². The van der Waals surface area contributed by atoms with Crippen LogP contribution in [0.15, 0.2) is 30.9 Å². The number of carbonyl (C=O) groups is 1. The van der Waals surface area contributed by atoms with Crippen LogP contribution in [0.4, 0.5) is 4.39 Å². The molecule has 0 bridgehead atoms. The van der Waals surface area contributed by atoms with Crippen LogP contribution in [0.25, 0.3) is 0 Å². The van der Waals surface area contributed by atoms with Crippen molar-refractivity contribution >= 4 is 5.91 Å². The van der Waals surface area contributed by atoms with Gasteiger partial charge in [0.15, 0.2) is 0 Å². The van der Waals surface area contributed by atoms with Crippen molar-refractivity contribution in [2.45, 2.75) is 32.4 Å². The first-order valence-corrected chi connectivity index (χ1v) is 6.84. The minimum Gasteiger partial charge on any atom is -0.396 e. The molecule has 1 fully saturated rings. The molecule has 3 nitrogen and oxygen atoms in total. The lowest BCUT2D eigenvalue weighted by molar-refractivity contribution is -0.132. The Morgan fingerprint density at radius 3 is 2.80 bits per heavy atom. The monoisotopic (exact) mass is 277 g/mol. The molecule has 4 heteroatoms. The van der Waals surface area contributed by atoms with Crippen LogP contribution in [0.2, 0.25) is 0 Å². The fourth-order valence-electron chi connectivity index (χ4n) is 2.63. The number of hydrogen-bond donors (Lipinski definition) is 1. The van der Waals surface area contributed by atoms with Crippen LogP contribution in [-0.4, -0.2) is 28.6 Å². The number of aryl methyl sites for hydroxylation is 1. The van der Waals surface area contributed by atoms with Crippen LogP contribution in [0, 0.1) is 18.7 Å². The zero-order valence-corrected chi connectivity index (χ0v) is 11.7. The molecular weight excluding hydrogens is 257 g/mol. The van der Waals surface area contributed by atoms with Crippen molar-refractivity contribution in [1.82, 2.24) is 4.90 Å². The van der Waals surface area contributed by atoms with Crippen molar-refractivity contribution in [3.63, 3.8) is 0 Å². The SMILES string of the molecule is C=CC(=O)N(Cc1ccc(F)cc1C)C1CC(CO)C1. The highest BCUT2D eigenvalue weighted by Gasteiger charge is 2.34. The summed E-state index contributed by atoms with van der Waals surface area (Å²) >= 11 is 0. The smallest absolute Gasteiger partial charge is 0.246 e. The van der Waals surface area contributed by atoms with Gasteiger partial charge in [-0.25, -0.2) is 4.39 Å². The molecule has 0 radical (unpaired) electrons. The standard InChI is InChI=1S/C16H20FNO2/c1-3-16(20)18(15-7-12(8-15)10-19)9-13-4-5-14(17)6-11(13)2/h3-6,12,15,19H,1,7-10H2,2H3. The number of benzene rings is 1. The first kappa shape index (κ1) is 14.7. The average Bonchev–Trinajstić information content (AvgIpc) is 2.38. The van der Waals surface area contributed by atoms with E-state index < -0.39 is 0 Å². The Morgan fingerprint density at radius 1 is 1.55 bits per heavy atom. The van der Waals surface area contributed by atoms with E-state index in [-0.39, 0.29) is 30.3 Å². The third-order valence-electron chi connectivity index (χ3n) is 4.01. The third-order valence-corrected chi connectivity index (χ3v) is 4.01. The summed E-state index contributed by atoms with van der Waals surface area (Å²) < 4.78 is 13.1. The van der Waals surface area contributed by atoms with E-state index in [0.29, 0.717) is 6.54 Å². The Balaban J connectivity index is 2.12. The molecule has 0 heterocycles. The molecule has 0 aromatic heterocycles. The lowest BCUT2D eigenvalue weighted by Crippen LogP contribution is -2.47. The molecule has 2 rings (SSSR count). The van der Waals surface area contributed by atoms with E-state index in [1.165, 1.54) is 18.2 Å². The maximum absolute atomic E-state index is 13.1. The third kappa shape index (κ3) is 3.07. The molecule has 1 amide bonds. The van der Waals surface area contributed by atoms with Gasteiger partial charge >= 0.3 is 0 Å². The summed E-state index contributed by atoms with van der Waals surface area (Å²) in [5.41, 5.74) is 1.78. The van der Waals surface area contributed by atoms with E-state index in [1.807, 2.05) is 6.92 Å². The van der Waals surface area contributed by atoms with E-state index in [1.54, 1.807) is 11.0 Å². The van der Waals surface area contributed by atoms with Gasteiger partial charge in [0, 0.05) is 19.2 Å². The molecule has 1 aliphatic carbocycles. The molecule has 20 heavy (non-hydrogen) atoms. The van der Waals surface area contributed by atoms with Gasteiger partial charge in [-0.1, -0.05) is 12.6 Å². The van der Waals surface area contributed by atoms with Crippen LogP contribution in [-0.2, 0) is 11.3 Å². The highest BCUT2D eigenvalue weighted by Crippen LogP contribution is 2.32. The van der Waals surface area contributed by atoms with Crippen molar-refractivity contribution in [2.24, 2.45) is 5.92 Å². The zero-order chi connectivity index (χ0) is 14.7. The van der Waals surface area contributed by atoms with Crippen molar-refractivity contribution in [1.29, 1.82) is 0 Å². The van der Waals surface area contributed by atoms with Gasteiger partial charge in [0.05, 0.1) is 0 Å². The minimum absolute atomic E-state index is 0.116. The summed E-state index contributed by atoms with van der Waals surface area (Å²) in [4.78, 5) is 13.8. The molecule has 1 aromatic rings. The fourth-order valence-corrected chi connectivity index (χ4v) is 2.63. The predicted molar refractivity (Wildman–Crippen MR) is 75.5 cm³/mol. The summed E-state index contributed by atoms with van der Waals surface area (Å²) in [6.07, 6.45) is 2.94. The second kappa shape index (κ2) is 6.18. The Kier molecular flexibility index (Phi) is 4.55. The maximum atomic E-state index is 13.1. The molecule has 108 valence electrons. The van der Waals surface area contributed by atoms with Crippen molar-refractivity contribution in [3.8, 4) is 0 Å². The number of rotatable bonds is 5. The van der Waals surface area contributed by atoms with E-state index in [4.69, 9.17) is 5.11 Å². The lowest BCUT2D eigenvalue weighted by atomic mass is 9.79. The summed E-state index contributed by atoms with van der Waals surface area (Å²) in [6.45, 7) is 6.01. The van der Waals surface area contributed by atoms with Gasteiger partial charge in [0.25, 0.3) is 0 Å². The van der Waals surface area contributed by atoms with Gasteiger partial charge in [0.1, 0.15) is 5.82 Å². The average molecular weight is 277 g/mol. The molecule has 0 aliphatic heterocycles. The number of nitrogens with zero attached hydrogens (tertiary/aromatic N) is 1. The molecule has 1 aromatic carbocycles. The summed E-state index contributed by atoms with van der Waals surface area (Å²) in [5.74, 6) is -0.0959. The highest BCUT2D eigenvalue weighted by molar-refractivity contribution is 5.87. The lowest BCUT2D eigenvalue weighted by Gasteiger charge is -2.42. The first-order valence-electron chi connectivity index (χ1n) is 6.84. The normalized spacial score (nSPS) is 21.1. The Hall–Kier alpha value is -1.68. The molecule has 0 saturated heterocycles. The van der Waals surface area contributed by atoms with Crippen LogP contribution in [0.5, 0.6) is 0 Å². The number of aliphatic hydroxyl groups excluding tert-OH is 1. The van der Waals surface area contributed by atoms with Crippen LogP contribution in [0.1, 0.15) is 24.0 Å². The largest absolute Gasteiger partial charge is 0.396 e. The topological polar surface area (TPSA) is 40.5 Å². The van der Waals surface area contributed by atoms with E-state index in [2.05, 4.69) is 6.58 Å². The summed E-state index contributed by atoms with van der Waals surface area (Å²) in [7, 11) is 0. The van der Waals surface area contributed by atoms with E-state index in [0.717, 1.165) is 24.0 Å². The zero-order valence-electron chi connectivity index (χ0n) is 11.7. The maximum Gasteiger partial charge on any atom is 0.246 e.